The fourth-order valence-electron chi connectivity index (χ4n) is 2.52. The molecule has 3 aromatic rings. The Balaban J connectivity index is 1.50. The van der Waals surface area contributed by atoms with Gasteiger partial charge in [-0.15, -0.1) is 11.3 Å². The SMILES string of the molecule is CN=C(NCCc1ccc2ccccc2c1)NCc1cccs1. The van der Waals surface area contributed by atoms with Crippen molar-refractivity contribution in [2.24, 2.45) is 4.99 Å². The van der Waals surface area contributed by atoms with Gasteiger partial charge in [0, 0.05) is 18.5 Å². The number of benzene rings is 2. The molecule has 1 heterocycles. The molecule has 4 heteroatoms. The molecule has 0 saturated carbocycles. The molecular weight excluding hydrogens is 302 g/mol. The van der Waals surface area contributed by atoms with Gasteiger partial charge >= 0.3 is 0 Å². The molecule has 2 N–H and O–H groups in total. The molecule has 0 unspecified atom stereocenters. The van der Waals surface area contributed by atoms with E-state index in [2.05, 4.69) is 75.6 Å². The first kappa shape index (κ1) is 15.6. The maximum absolute atomic E-state index is 4.27. The van der Waals surface area contributed by atoms with Crippen LogP contribution in [0.3, 0.4) is 0 Å². The van der Waals surface area contributed by atoms with Crippen molar-refractivity contribution in [2.45, 2.75) is 13.0 Å². The van der Waals surface area contributed by atoms with Crippen molar-refractivity contribution in [2.75, 3.05) is 13.6 Å². The minimum atomic E-state index is 0.813. The van der Waals surface area contributed by atoms with E-state index < -0.39 is 0 Å². The Labute approximate surface area is 141 Å². The molecule has 0 bridgehead atoms. The zero-order valence-corrected chi connectivity index (χ0v) is 14.1. The van der Waals surface area contributed by atoms with Crippen molar-refractivity contribution in [1.29, 1.82) is 0 Å². The molecule has 0 aliphatic carbocycles. The molecule has 23 heavy (non-hydrogen) atoms. The summed E-state index contributed by atoms with van der Waals surface area (Å²) >= 11 is 1.75. The van der Waals surface area contributed by atoms with Gasteiger partial charge in [-0.25, -0.2) is 0 Å². The van der Waals surface area contributed by atoms with Crippen LogP contribution in [0.2, 0.25) is 0 Å². The molecule has 3 nitrogen and oxygen atoms in total. The molecular formula is C19H21N3S. The van der Waals surface area contributed by atoms with Gasteiger partial charge in [-0.2, -0.15) is 0 Å². The summed E-state index contributed by atoms with van der Waals surface area (Å²) in [7, 11) is 1.81. The van der Waals surface area contributed by atoms with Crippen LogP contribution < -0.4 is 10.6 Å². The van der Waals surface area contributed by atoms with Gasteiger partial charge in [0.25, 0.3) is 0 Å². The summed E-state index contributed by atoms with van der Waals surface area (Å²) in [4.78, 5) is 5.58. The third-order valence-corrected chi connectivity index (χ3v) is 4.63. The molecule has 0 spiro atoms. The van der Waals surface area contributed by atoms with E-state index in [4.69, 9.17) is 0 Å². The zero-order chi connectivity index (χ0) is 15.9. The maximum Gasteiger partial charge on any atom is 0.191 e. The first-order valence-electron chi connectivity index (χ1n) is 7.80. The summed E-state index contributed by atoms with van der Waals surface area (Å²) in [5.74, 6) is 0.846. The Morgan fingerprint density at radius 1 is 1.00 bits per heavy atom. The number of hydrogen-bond donors (Lipinski definition) is 2. The summed E-state index contributed by atoms with van der Waals surface area (Å²) in [6.45, 7) is 1.68. The van der Waals surface area contributed by atoms with Crippen LogP contribution >= 0.6 is 11.3 Å². The second-order valence-corrected chi connectivity index (χ2v) is 6.40. The van der Waals surface area contributed by atoms with Gasteiger partial charge in [-0.05, 0) is 34.2 Å². The molecule has 0 fully saturated rings. The summed E-state index contributed by atoms with van der Waals surface area (Å²) < 4.78 is 0. The van der Waals surface area contributed by atoms with Crippen LogP contribution in [0.15, 0.2) is 65.0 Å². The van der Waals surface area contributed by atoms with Gasteiger partial charge in [0.15, 0.2) is 5.96 Å². The third kappa shape index (κ3) is 4.33. The average Bonchev–Trinajstić information content (AvgIpc) is 3.11. The Bertz CT molecular complexity index is 778. The number of guanidine groups is 1. The van der Waals surface area contributed by atoms with Gasteiger partial charge in [-0.1, -0.05) is 48.5 Å². The van der Waals surface area contributed by atoms with E-state index in [0.717, 1.165) is 25.5 Å². The lowest BCUT2D eigenvalue weighted by atomic mass is 10.1. The highest BCUT2D eigenvalue weighted by Gasteiger charge is 2.00. The summed E-state index contributed by atoms with van der Waals surface area (Å²) in [5, 5.41) is 11.4. The third-order valence-electron chi connectivity index (χ3n) is 3.75. The largest absolute Gasteiger partial charge is 0.356 e. The van der Waals surface area contributed by atoms with Gasteiger partial charge < -0.3 is 10.6 Å². The quantitative estimate of drug-likeness (QED) is 0.553. The highest BCUT2D eigenvalue weighted by atomic mass is 32.1. The number of nitrogens with zero attached hydrogens (tertiary/aromatic N) is 1. The minimum absolute atomic E-state index is 0.813. The van der Waals surface area contributed by atoms with E-state index in [1.165, 1.54) is 21.2 Å². The molecule has 0 aliphatic rings. The first-order valence-corrected chi connectivity index (χ1v) is 8.68. The second-order valence-electron chi connectivity index (χ2n) is 5.36. The summed E-state index contributed by atoms with van der Waals surface area (Å²) in [5.41, 5.74) is 1.34. The van der Waals surface area contributed by atoms with Crippen molar-refractivity contribution >= 4 is 28.1 Å². The lowest BCUT2D eigenvalue weighted by Gasteiger charge is -2.11. The van der Waals surface area contributed by atoms with Crippen molar-refractivity contribution in [3.8, 4) is 0 Å². The topological polar surface area (TPSA) is 36.4 Å². The highest BCUT2D eigenvalue weighted by molar-refractivity contribution is 7.09. The molecule has 0 radical (unpaired) electrons. The van der Waals surface area contributed by atoms with E-state index in [-0.39, 0.29) is 0 Å². The van der Waals surface area contributed by atoms with Crippen LogP contribution in [0.4, 0.5) is 0 Å². The maximum atomic E-state index is 4.27. The number of thiophene rings is 1. The van der Waals surface area contributed by atoms with Crippen molar-refractivity contribution in [3.05, 3.63) is 70.4 Å². The van der Waals surface area contributed by atoms with Crippen LogP contribution in [0, 0.1) is 0 Å². The van der Waals surface area contributed by atoms with E-state index in [1.54, 1.807) is 18.4 Å². The van der Waals surface area contributed by atoms with Crippen molar-refractivity contribution in [1.82, 2.24) is 10.6 Å². The van der Waals surface area contributed by atoms with Crippen LogP contribution in [0.25, 0.3) is 10.8 Å². The van der Waals surface area contributed by atoms with Gasteiger partial charge in [0.2, 0.25) is 0 Å². The van der Waals surface area contributed by atoms with Gasteiger partial charge in [0.1, 0.15) is 0 Å². The lowest BCUT2D eigenvalue weighted by Crippen LogP contribution is -2.37. The van der Waals surface area contributed by atoms with Gasteiger partial charge in [-0.3, -0.25) is 4.99 Å². The fourth-order valence-corrected chi connectivity index (χ4v) is 3.17. The first-order chi connectivity index (χ1) is 11.3. The lowest BCUT2D eigenvalue weighted by molar-refractivity contribution is 0.800. The number of fused-ring (bicyclic) bond motifs is 1. The number of rotatable bonds is 5. The predicted molar refractivity (Wildman–Crippen MR) is 100 cm³/mol. The van der Waals surface area contributed by atoms with E-state index in [0.29, 0.717) is 0 Å². The molecule has 0 saturated heterocycles. The van der Waals surface area contributed by atoms with Crippen LogP contribution in [0.1, 0.15) is 10.4 Å². The van der Waals surface area contributed by atoms with Crippen molar-refractivity contribution in [3.63, 3.8) is 0 Å². The molecule has 3 rings (SSSR count). The predicted octanol–water partition coefficient (Wildman–Crippen LogP) is 3.81. The van der Waals surface area contributed by atoms with Crippen LogP contribution in [-0.2, 0) is 13.0 Å². The Hall–Kier alpha value is -2.33. The molecule has 2 aromatic carbocycles. The summed E-state index contributed by atoms with van der Waals surface area (Å²) in [6, 6.07) is 19.3. The van der Waals surface area contributed by atoms with E-state index in [9.17, 15) is 0 Å². The normalized spacial score (nSPS) is 11.6. The average molecular weight is 323 g/mol. The minimum Gasteiger partial charge on any atom is -0.356 e. The summed E-state index contributed by atoms with van der Waals surface area (Å²) in [6.07, 6.45) is 0.977. The standard InChI is InChI=1S/C19H21N3S/c1-20-19(22-14-18-7-4-12-23-18)21-11-10-15-8-9-16-5-2-3-6-17(16)13-15/h2-9,12-13H,10-11,14H2,1H3,(H2,20,21,22). The van der Waals surface area contributed by atoms with Crippen LogP contribution in [0.5, 0.6) is 0 Å². The Morgan fingerprint density at radius 3 is 2.65 bits per heavy atom. The van der Waals surface area contributed by atoms with E-state index >= 15 is 0 Å². The number of aliphatic imine (C=N–C) groups is 1. The number of nitrogens with one attached hydrogen (secondary N) is 2. The smallest absolute Gasteiger partial charge is 0.191 e. The fraction of sp³-hybridized carbons (Fsp3) is 0.211. The molecule has 118 valence electrons. The van der Waals surface area contributed by atoms with Crippen molar-refractivity contribution < 1.29 is 0 Å². The number of hydrogen-bond acceptors (Lipinski definition) is 2. The van der Waals surface area contributed by atoms with Gasteiger partial charge in [0.05, 0.1) is 6.54 Å². The Kier molecular flexibility index (Phi) is 5.27. The monoisotopic (exact) mass is 323 g/mol. The molecule has 0 atom stereocenters. The zero-order valence-electron chi connectivity index (χ0n) is 13.3. The molecule has 0 aliphatic heterocycles. The van der Waals surface area contributed by atoms with E-state index in [1.807, 2.05) is 0 Å². The van der Waals surface area contributed by atoms with Crippen LogP contribution in [-0.4, -0.2) is 19.6 Å². The highest BCUT2D eigenvalue weighted by Crippen LogP contribution is 2.15. The molecule has 0 amide bonds. The second kappa shape index (κ2) is 7.79. The molecule has 1 aromatic heterocycles. The Morgan fingerprint density at radius 2 is 1.87 bits per heavy atom.